The first-order valence-electron chi connectivity index (χ1n) is 8.46. The Morgan fingerprint density at radius 2 is 2.00 bits per heavy atom. The van der Waals surface area contributed by atoms with Gasteiger partial charge >= 0.3 is 0 Å². The predicted molar refractivity (Wildman–Crippen MR) is 97.7 cm³/mol. The van der Waals surface area contributed by atoms with E-state index in [1.54, 1.807) is 44.1 Å². The van der Waals surface area contributed by atoms with E-state index in [2.05, 4.69) is 5.32 Å². The molecule has 1 N–H and O–H groups in total. The van der Waals surface area contributed by atoms with Gasteiger partial charge in [-0.1, -0.05) is 18.5 Å². The van der Waals surface area contributed by atoms with Gasteiger partial charge in [-0.05, 0) is 37.5 Å². The van der Waals surface area contributed by atoms with E-state index in [0.29, 0.717) is 30.6 Å². The van der Waals surface area contributed by atoms with Gasteiger partial charge in [0.05, 0.1) is 10.6 Å². The van der Waals surface area contributed by atoms with Crippen LogP contribution in [0.4, 0.5) is 5.69 Å². The normalized spacial score (nSPS) is 17.1. The lowest BCUT2D eigenvalue weighted by Crippen LogP contribution is -2.49. The molecular weight excluding hydrogens is 342 g/mol. The molecule has 1 fully saturated rings. The Bertz CT molecular complexity index is 676. The molecule has 1 aliphatic heterocycles. The fraction of sp³-hybridized carbons (Fsp3) is 0.500. The molecule has 1 aliphatic rings. The molecule has 1 heterocycles. The molecule has 0 bridgehead atoms. The van der Waals surface area contributed by atoms with Crippen LogP contribution in [0.15, 0.2) is 18.2 Å². The smallest absolute Gasteiger partial charge is 0.254 e. The van der Waals surface area contributed by atoms with E-state index in [9.17, 15) is 14.4 Å². The van der Waals surface area contributed by atoms with Gasteiger partial charge in [0.25, 0.3) is 5.91 Å². The van der Waals surface area contributed by atoms with Crippen molar-refractivity contribution in [3.8, 4) is 0 Å². The van der Waals surface area contributed by atoms with Crippen LogP contribution in [0.2, 0.25) is 5.02 Å². The first-order chi connectivity index (χ1) is 11.8. The maximum atomic E-state index is 12.6. The molecule has 1 unspecified atom stereocenters. The minimum absolute atomic E-state index is 0.00944. The number of likely N-dealkylation sites (tertiary alicyclic amines) is 1. The van der Waals surface area contributed by atoms with Gasteiger partial charge in [-0.3, -0.25) is 14.4 Å². The molecular formula is C18H24ClN3O3. The van der Waals surface area contributed by atoms with Crippen LogP contribution < -0.4 is 5.32 Å². The Hall–Kier alpha value is -2.08. The highest BCUT2D eigenvalue weighted by Crippen LogP contribution is 2.24. The highest BCUT2D eigenvalue weighted by atomic mass is 35.5. The van der Waals surface area contributed by atoms with E-state index in [1.807, 2.05) is 0 Å². The number of amides is 3. The van der Waals surface area contributed by atoms with Gasteiger partial charge < -0.3 is 15.1 Å². The summed E-state index contributed by atoms with van der Waals surface area (Å²) in [5, 5.41) is 3.09. The lowest BCUT2D eigenvalue weighted by molar-refractivity contribution is -0.140. The molecule has 6 nitrogen and oxygen atoms in total. The van der Waals surface area contributed by atoms with Crippen molar-refractivity contribution in [2.45, 2.75) is 38.6 Å². The van der Waals surface area contributed by atoms with E-state index in [-0.39, 0.29) is 22.7 Å². The third kappa shape index (κ3) is 4.51. The summed E-state index contributed by atoms with van der Waals surface area (Å²) in [4.78, 5) is 39.8. The summed E-state index contributed by atoms with van der Waals surface area (Å²) < 4.78 is 0. The number of carbonyl (C=O) groups is 3. The number of piperidine rings is 1. The van der Waals surface area contributed by atoms with Gasteiger partial charge in [0.2, 0.25) is 11.8 Å². The number of carbonyl (C=O) groups excluding carboxylic acids is 3. The minimum atomic E-state index is -0.456. The van der Waals surface area contributed by atoms with Gasteiger partial charge in [0, 0.05) is 32.7 Å². The highest BCUT2D eigenvalue weighted by molar-refractivity contribution is 6.34. The average Bonchev–Trinajstić information content (AvgIpc) is 2.60. The molecule has 1 atom stereocenters. The predicted octanol–water partition coefficient (Wildman–Crippen LogP) is 2.77. The Labute approximate surface area is 153 Å². The lowest BCUT2D eigenvalue weighted by atomic mass is 10.0. The Morgan fingerprint density at radius 3 is 2.60 bits per heavy atom. The molecule has 7 heteroatoms. The van der Waals surface area contributed by atoms with Crippen LogP contribution in [0.25, 0.3) is 0 Å². The summed E-state index contributed by atoms with van der Waals surface area (Å²) in [7, 11) is 3.30. The standard InChI is InChI=1S/C18H24ClN3O3/c1-4-16(23)22-10-6-5-7-15(22)17(24)20-12-8-9-13(14(19)11-12)18(25)21(2)3/h8-9,11,15H,4-7,10H2,1-3H3,(H,20,24). The molecule has 0 radical (unpaired) electrons. The zero-order valence-electron chi connectivity index (χ0n) is 14.8. The quantitative estimate of drug-likeness (QED) is 0.891. The van der Waals surface area contributed by atoms with Crippen LogP contribution in [0.3, 0.4) is 0 Å². The highest BCUT2D eigenvalue weighted by Gasteiger charge is 2.31. The molecule has 1 aromatic carbocycles. The molecule has 1 saturated heterocycles. The summed E-state index contributed by atoms with van der Waals surface area (Å²) in [6.07, 6.45) is 2.88. The molecule has 2 rings (SSSR count). The third-order valence-corrected chi connectivity index (χ3v) is 4.61. The summed E-state index contributed by atoms with van der Waals surface area (Å²) in [6, 6.07) is 4.35. The monoisotopic (exact) mass is 365 g/mol. The molecule has 0 aliphatic carbocycles. The van der Waals surface area contributed by atoms with Crippen molar-refractivity contribution < 1.29 is 14.4 Å². The zero-order chi connectivity index (χ0) is 18.6. The van der Waals surface area contributed by atoms with E-state index >= 15 is 0 Å². The third-order valence-electron chi connectivity index (χ3n) is 4.30. The number of nitrogens with zero attached hydrogens (tertiary/aromatic N) is 2. The van der Waals surface area contributed by atoms with E-state index in [1.165, 1.54) is 4.90 Å². The molecule has 0 saturated carbocycles. The number of hydrogen-bond acceptors (Lipinski definition) is 3. The van der Waals surface area contributed by atoms with Gasteiger partial charge in [0.1, 0.15) is 6.04 Å². The fourth-order valence-corrected chi connectivity index (χ4v) is 3.20. The molecule has 25 heavy (non-hydrogen) atoms. The van der Waals surface area contributed by atoms with Crippen molar-refractivity contribution in [2.75, 3.05) is 26.0 Å². The molecule has 0 aromatic heterocycles. The number of benzene rings is 1. The van der Waals surface area contributed by atoms with Crippen molar-refractivity contribution in [1.82, 2.24) is 9.80 Å². The van der Waals surface area contributed by atoms with Gasteiger partial charge in [-0.25, -0.2) is 0 Å². The fourth-order valence-electron chi connectivity index (χ4n) is 2.94. The van der Waals surface area contributed by atoms with Crippen molar-refractivity contribution in [2.24, 2.45) is 0 Å². The number of anilines is 1. The number of hydrogen-bond donors (Lipinski definition) is 1. The van der Waals surface area contributed by atoms with Gasteiger partial charge in [-0.2, -0.15) is 0 Å². The summed E-state index contributed by atoms with van der Waals surface area (Å²) in [5.74, 6) is -0.427. The van der Waals surface area contributed by atoms with Crippen LogP contribution in [-0.2, 0) is 9.59 Å². The average molecular weight is 366 g/mol. The van der Waals surface area contributed by atoms with E-state index in [0.717, 1.165) is 12.8 Å². The van der Waals surface area contributed by atoms with Crippen LogP contribution in [0.1, 0.15) is 43.0 Å². The Morgan fingerprint density at radius 1 is 1.28 bits per heavy atom. The number of rotatable bonds is 4. The SMILES string of the molecule is CCC(=O)N1CCCCC1C(=O)Nc1ccc(C(=O)N(C)C)c(Cl)c1. The molecule has 0 spiro atoms. The Balaban J connectivity index is 2.13. The number of nitrogens with one attached hydrogen (secondary N) is 1. The van der Waals surface area contributed by atoms with E-state index in [4.69, 9.17) is 11.6 Å². The first kappa shape index (κ1) is 19.2. The first-order valence-corrected chi connectivity index (χ1v) is 8.84. The maximum Gasteiger partial charge on any atom is 0.254 e. The van der Waals surface area contributed by atoms with E-state index < -0.39 is 6.04 Å². The molecule has 3 amide bonds. The van der Waals surface area contributed by atoms with Crippen LogP contribution in [0.5, 0.6) is 0 Å². The maximum absolute atomic E-state index is 12.6. The van der Waals surface area contributed by atoms with Crippen molar-refractivity contribution in [3.63, 3.8) is 0 Å². The molecule has 136 valence electrons. The van der Waals surface area contributed by atoms with Crippen molar-refractivity contribution in [3.05, 3.63) is 28.8 Å². The summed E-state index contributed by atoms with van der Waals surface area (Å²) >= 11 is 6.18. The topological polar surface area (TPSA) is 69.7 Å². The lowest BCUT2D eigenvalue weighted by Gasteiger charge is -2.34. The largest absolute Gasteiger partial charge is 0.345 e. The zero-order valence-corrected chi connectivity index (χ0v) is 15.6. The van der Waals surface area contributed by atoms with Gasteiger partial charge in [0.15, 0.2) is 0 Å². The second kappa shape index (κ2) is 8.34. The second-order valence-electron chi connectivity index (χ2n) is 6.34. The minimum Gasteiger partial charge on any atom is -0.345 e. The summed E-state index contributed by atoms with van der Waals surface area (Å²) in [5.41, 5.74) is 0.893. The molecule has 1 aromatic rings. The number of halogens is 1. The van der Waals surface area contributed by atoms with Crippen LogP contribution in [0, 0.1) is 0 Å². The second-order valence-corrected chi connectivity index (χ2v) is 6.74. The summed E-state index contributed by atoms with van der Waals surface area (Å²) in [6.45, 7) is 2.41. The van der Waals surface area contributed by atoms with Crippen LogP contribution in [-0.4, -0.2) is 54.2 Å². The Kier molecular flexibility index (Phi) is 6.42. The van der Waals surface area contributed by atoms with Crippen molar-refractivity contribution in [1.29, 1.82) is 0 Å². The van der Waals surface area contributed by atoms with Crippen molar-refractivity contribution >= 4 is 35.0 Å². The van der Waals surface area contributed by atoms with Gasteiger partial charge in [-0.15, -0.1) is 0 Å². The van der Waals surface area contributed by atoms with Crippen LogP contribution >= 0.6 is 11.6 Å².